The zero-order valence-electron chi connectivity index (χ0n) is 14.8. The number of aromatic nitrogens is 2. The Balaban J connectivity index is 1.42. The molecular formula is C19H19F2N5O. The van der Waals surface area contributed by atoms with E-state index in [-0.39, 0.29) is 5.69 Å². The van der Waals surface area contributed by atoms with Crippen LogP contribution in [-0.2, 0) is 7.05 Å². The van der Waals surface area contributed by atoms with Crippen LogP contribution in [0.1, 0.15) is 0 Å². The fourth-order valence-corrected chi connectivity index (χ4v) is 3.31. The second kappa shape index (κ2) is 6.86. The average Bonchev–Trinajstić information content (AvgIpc) is 3.01. The lowest BCUT2D eigenvalue weighted by molar-refractivity contribution is 0.207. The first kappa shape index (κ1) is 17.3. The van der Waals surface area contributed by atoms with Gasteiger partial charge in [0.15, 0.2) is 0 Å². The van der Waals surface area contributed by atoms with Crippen LogP contribution in [0.2, 0.25) is 0 Å². The number of nitrogens with zero attached hydrogens (tertiary/aromatic N) is 4. The van der Waals surface area contributed by atoms with Gasteiger partial charge in [-0.3, -0.25) is 0 Å². The van der Waals surface area contributed by atoms with Crippen molar-refractivity contribution in [1.29, 1.82) is 0 Å². The van der Waals surface area contributed by atoms with Crippen molar-refractivity contribution in [2.24, 2.45) is 7.05 Å². The molecule has 1 fully saturated rings. The topological polar surface area (TPSA) is 53.4 Å². The normalized spacial score (nSPS) is 14.6. The van der Waals surface area contributed by atoms with E-state index in [1.165, 1.54) is 6.07 Å². The Hall–Kier alpha value is -3.16. The van der Waals surface area contributed by atoms with Crippen LogP contribution in [0.5, 0.6) is 0 Å². The van der Waals surface area contributed by atoms with Crippen molar-refractivity contribution < 1.29 is 13.6 Å². The lowest BCUT2D eigenvalue weighted by Crippen LogP contribution is -2.50. The minimum Gasteiger partial charge on any atom is -0.339 e. The third kappa shape index (κ3) is 3.30. The summed E-state index contributed by atoms with van der Waals surface area (Å²) in [4.78, 5) is 20.8. The molecule has 2 aromatic carbocycles. The second-order valence-electron chi connectivity index (χ2n) is 6.49. The molecule has 0 aliphatic carbocycles. The summed E-state index contributed by atoms with van der Waals surface area (Å²) in [6, 6.07) is 10.6. The number of carbonyl (C=O) groups excluding carboxylic acids is 1. The summed E-state index contributed by atoms with van der Waals surface area (Å²) in [6.07, 6.45) is 0. The third-order valence-electron chi connectivity index (χ3n) is 4.79. The molecule has 0 unspecified atom stereocenters. The maximum atomic E-state index is 13.7. The van der Waals surface area contributed by atoms with Crippen LogP contribution in [0.4, 0.5) is 25.2 Å². The van der Waals surface area contributed by atoms with Gasteiger partial charge in [-0.2, -0.15) is 0 Å². The van der Waals surface area contributed by atoms with Gasteiger partial charge in [-0.1, -0.05) is 12.1 Å². The molecule has 2 heterocycles. The van der Waals surface area contributed by atoms with Gasteiger partial charge < -0.3 is 19.7 Å². The number of benzene rings is 2. The molecule has 0 atom stereocenters. The highest BCUT2D eigenvalue weighted by Crippen LogP contribution is 2.22. The van der Waals surface area contributed by atoms with Gasteiger partial charge in [-0.25, -0.2) is 18.6 Å². The summed E-state index contributed by atoms with van der Waals surface area (Å²) >= 11 is 0. The quantitative estimate of drug-likeness (QED) is 0.753. The highest BCUT2D eigenvalue weighted by molar-refractivity contribution is 5.89. The van der Waals surface area contributed by atoms with E-state index in [4.69, 9.17) is 0 Å². The van der Waals surface area contributed by atoms with E-state index in [0.29, 0.717) is 26.2 Å². The number of para-hydroxylation sites is 2. The molecule has 3 aromatic rings. The van der Waals surface area contributed by atoms with E-state index in [0.717, 1.165) is 29.1 Å². The standard InChI is InChI=1S/C19H19F2N5O/c1-24-17-5-3-2-4-16(17)22-18(24)25-8-10-26(11-9-25)19(27)23-15-7-6-13(20)12-14(15)21/h2-7,12H,8-11H2,1H3,(H,23,27). The van der Waals surface area contributed by atoms with Gasteiger partial charge in [0.05, 0.1) is 16.7 Å². The van der Waals surface area contributed by atoms with Crippen molar-refractivity contribution in [3.63, 3.8) is 0 Å². The van der Waals surface area contributed by atoms with Gasteiger partial charge in [-0.15, -0.1) is 0 Å². The average molecular weight is 371 g/mol. The molecule has 27 heavy (non-hydrogen) atoms. The highest BCUT2D eigenvalue weighted by atomic mass is 19.1. The molecule has 4 rings (SSSR count). The molecule has 0 radical (unpaired) electrons. The van der Waals surface area contributed by atoms with Crippen LogP contribution >= 0.6 is 0 Å². The number of imidazole rings is 1. The largest absolute Gasteiger partial charge is 0.339 e. The molecule has 0 saturated carbocycles. The maximum absolute atomic E-state index is 13.7. The molecule has 6 nitrogen and oxygen atoms in total. The number of rotatable bonds is 2. The number of carbonyl (C=O) groups is 1. The highest BCUT2D eigenvalue weighted by Gasteiger charge is 2.24. The Morgan fingerprint density at radius 2 is 1.81 bits per heavy atom. The molecule has 0 spiro atoms. The number of urea groups is 1. The Bertz CT molecular complexity index is 995. The van der Waals surface area contributed by atoms with Crippen molar-refractivity contribution in [3.05, 3.63) is 54.1 Å². The first-order chi connectivity index (χ1) is 13.0. The summed E-state index contributed by atoms with van der Waals surface area (Å²) in [6.45, 7) is 2.21. The minimum absolute atomic E-state index is 0.0285. The Morgan fingerprint density at radius 3 is 2.52 bits per heavy atom. The van der Waals surface area contributed by atoms with Gasteiger partial charge in [-0.05, 0) is 24.3 Å². The monoisotopic (exact) mass is 371 g/mol. The zero-order valence-corrected chi connectivity index (χ0v) is 14.8. The van der Waals surface area contributed by atoms with Crippen molar-refractivity contribution >= 4 is 28.7 Å². The number of hydrogen-bond donors (Lipinski definition) is 1. The second-order valence-corrected chi connectivity index (χ2v) is 6.49. The van der Waals surface area contributed by atoms with E-state index >= 15 is 0 Å². The predicted octanol–water partition coefficient (Wildman–Crippen LogP) is 3.21. The molecule has 1 saturated heterocycles. The Labute approximate surface area is 155 Å². The van der Waals surface area contributed by atoms with Gasteiger partial charge in [0.25, 0.3) is 0 Å². The molecule has 0 bridgehead atoms. The lowest BCUT2D eigenvalue weighted by atomic mass is 10.3. The molecule has 1 aromatic heterocycles. The maximum Gasteiger partial charge on any atom is 0.322 e. The first-order valence-corrected chi connectivity index (χ1v) is 8.70. The van der Waals surface area contributed by atoms with E-state index in [1.807, 2.05) is 35.9 Å². The van der Waals surface area contributed by atoms with Crippen molar-refractivity contribution in [2.45, 2.75) is 0 Å². The fraction of sp³-hybridized carbons (Fsp3) is 0.263. The summed E-state index contributed by atoms with van der Waals surface area (Å²) < 4.78 is 28.7. The predicted molar refractivity (Wildman–Crippen MR) is 99.9 cm³/mol. The van der Waals surface area contributed by atoms with Crippen LogP contribution in [0.25, 0.3) is 11.0 Å². The van der Waals surface area contributed by atoms with E-state index in [2.05, 4.69) is 15.2 Å². The van der Waals surface area contributed by atoms with Crippen LogP contribution in [0.15, 0.2) is 42.5 Å². The third-order valence-corrected chi connectivity index (χ3v) is 4.79. The summed E-state index contributed by atoms with van der Waals surface area (Å²) in [5.41, 5.74) is 1.96. The van der Waals surface area contributed by atoms with Gasteiger partial charge >= 0.3 is 6.03 Å². The van der Waals surface area contributed by atoms with Crippen LogP contribution < -0.4 is 10.2 Å². The van der Waals surface area contributed by atoms with E-state index < -0.39 is 17.7 Å². The number of anilines is 2. The Kier molecular flexibility index (Phi) is 4.39. The van der Waals surface area contributed by atoms with Crippen molar-refractivity contribution in [2.75, 3.05) is 36.4 Å². The summed E-state index contributed by atoms with van der Waals surface area (Å²) in [7, 11) is 1.97. The molecule has 8 heteroatoms. The van der Waals surface area contributed by atoms with Crippen LogP contribution in [0, 0.1) is 11.6 Å². The van der Waals surface area contributed by atoms with Gasteiger partial charge in [0.1, 0.15) is 11.6 Å². The molecule has 2 amide bonds. The number of fused-ring (bicyclic) bond motifs is 1. The molecule has 1 aliphatic heterocycles. The van der Waals surface area contributed by atoms with E-state index in [1.54, 1.807) is 4.90 Å². The SMILES string of the molecule is Cn1c(N2CCN(C(=O)Nc3ccc(F)cc3F)CC2)nc2ccccc21. The summed E-state index contributed by atoms with van der Waals surface area (Å²) in [5, 5.41) is 2.50. The van der Waals surface area contributed by atoms with Crippen molar-refractivity contribution in [3.8, 4) is 0 Å². The lowest BCUT2D eigenvalue weighted by Gasteiger charge is -2.35. The number of aryl methyl sites for hydroxylation is 1. The fourth-order valence-electron chi connectivity index (χ4n) is 3.31. The first-order valence-electron chi connectivity index (χ1n) is 8.70. The summed E-state index contributed by atoms with van der Waals surface area (Å²) in [5.74, 6) is -0.607. The molecule has 1 aliphatic rings. The number of piperazine rings is 1. The van der Waals surface area contributed by atoms with E-state index in [9.17, 15) is 13.6 Å². The number of nitrogens with one attached hydrogen (secondary N) is 1. The van der Waals surface area contributed by atoms with Crippen LogP contribution in [-0.4, -0.2) is 46.7 Å². The zero-order chi connectivity index (χ0) is 19.0. The number of amides is 2. The Morgan fingerprint density at radius 1 is 1.07 bits per heavy atom. The smallest absolute Gasteiger partial charge is 0.322 e. The van der Waals surface area contributed by atoms with Gasteiger partial charge in [0, 0.05) is 39.3 Å². The number of hydrogen-bond acceptors (Lipinski definition) is 3. The van der Waals surface area contributed by atoms with Gasteiger partial charge in [0.2, 0.25) is 5.95 Å². The van der Waals surface area contributed by atoms with Crippen molar-refractivity contribution in [1.82, 2.24) is 14.5 Å². The minimum atomic E-state index is -0.790. The molecule has 140 valence electrons. The van der Waals surface area contributed by atoms with Crippen LogP contribution in [0.3, 0.4) is 0 Å². The number of halogens is 2. The molecular weight excluding hydrogens is 352 g/mol. The molecule has 1 N–H and O–H groups in total.